The molecule has 1 aromatic carbocycles. The highest BCUT2D eigenvalue weighted by molar-refractivity contribution is 5.93. The monoisotopic (exact) mass is 206 g/mol. The fourth-order valence-electron chi connectivity index (χ4n) is 1.52. The quantitative estimate of drug-likeness (QED) is 0.771. The highest BCUT2D eigenvalue weighted by Crippen LogP contribution is 2.10. The fourth-order valence-corrected chi connectivity index (χ4v) is 1.52. The summed E-state index contributed by atoms with van der Waals surface area (Å²) in [4.78, 5) is 22.4. The van der Waals surface area contributed by atoms with Crippen molar-refractivity contribution in [2.45, 2.75) is 13.5 Å². The SMILES string of the molecule is CCn1[nH]c2ccc(C(=O)O)cc2c1=O. The molecule has 0 atom stereocenters. The van der Waals surface area contributed by atoms with Crippen LogP contribution >= 0.6 is 0 Å². The van der Waals surface area contributed by atoms with E-state index in [1.807, 2.05) is 6.92 Å². The number of hydrogen-bond donors (Lipinski definition) is 2. The Kier molecular flexibility index (Phi) is 2.07. The third-order valence-corrected chi connectivity index (χ3v) is 2.31. The summed E-state index contributed by atoms with van der Waals surface area (Å²) in [6.07, 6.45) is 0. The molecule has 0 aliphatic carbocycles. The number of H-pyrrole nitrogens is 1. The van der Waals surface area contributed by atoms with Crippen LogP contribution in [0.2, 0.25) is 0 Å². The Labute approximate surface area is 84.9 Å². The normalized spacial score (nSPS) is 10.7. The summed E-state index contributed by atoms with van der Waals surface area (Å²) >= 11 is 0. The molecule has 5 nitrogen and oxygen atoms in total. The summed E-state index contributed by atoms with van der Waals surface area (Å²) in [5.74, 6) is -1.03. The van der Waals surface area contributed by atoms with Gasteiger partial charge in [0, 0.05) is 6.54 Å². The van der Waals surface area contributed by atoms with E-state index in [0.717, 1.165) is 0 Å². The van der Waals surface area contributed by atoms with Crippen molar-refractivity contribution < 1.29 is 9.90 Å². The lowest BCUT2D eigenvalue weighted by molar-refractivity contribution is 0.0697. The lowest BCUT2D eigenvalue weighted by Crippen LogP contribution is -2.14. The molecule has 0 saturated carbocycles. The first-order valence-electron chi connectivity index (χ1n) is 4.59. The van der Waals surface area contributed by atoms with E-state index in [9.17, 15) is 9.59 Å². The molecule has 0 saturated heterocycles. The molecular formula is C10H10N2O3. The van der Waals surface area contributed by atoms with Gasteiger partial charge in [0.1, 0.15) is 0 Å². The van der Waals surface area contributed by atoms with Crippen LogP contribution < -0.4 is 5.56 Å². The van der Waals surface area contributed by atoms with Gasteiger partial charge in [-0.1, -0.05) is 0 Å². The zero-order chi connectivity index (χ0) is 11.0. The van der Waals surface area contributed by atoms with Gasteiger partial charge in [-0.3, -0.25) is 14.6 Å². The highest BCUT2D eigenvalue weighted by atomic mass is 16.4. The van der Waals surface area contributed by atoms with Crippen molar-refractivity contribution >= 4 is 16.9 Å². The molecule has 1 aromatic heterocycles. The topological polar surface area (TPSA) is 75.1 Å². The molecule has 0 aliphatic rings. The van der Waals surface area contributed by atoms with Gasteiger partial charge in [-0.15, -0.1) is 0 Å². The number of aryl methyl sites for hydroxylation is 1. The van der Waals surface area contributed by atoms with E-state index in [-0.39, 0.29) is 11.1 Å². The van der Waals surface area contributed by atoms with Crippen molar-refractivity contribution in [3.05, 3.63) is 34.1 Å². The molecule has 0 spiro atoms. The maximum absolute atomic E-state index is 11.7. The lowest BCUT2D eigenvalue weighted by Gasteiger charge is -1.92. The molecule has 2 N–H and O–H groups in total. The van der Waals surface area contributed by atoms with Crippen molar-refractivity contribution in [3.63, 3.8) is 0 Å². The Balaban J connectivity index is 2.76. The van der Waals surface area contributed by atoms with Crippen LogP contribution in [0.15, 0.2) is 23.0 Å². The van der Waals surface area contributed by atoms with Gasteiger partial charge in [-0.25, -0.2) is 4.79 Å². The van der Waals surface area contributed by atoms with Gasteiger partial charge in [-0.05, 0) is 25.1 Å². The van der Waals surface area contributed by atoms with Gasteiger partial charge < -0.3 is 5.11 Å². The second kappa shape index (κ2) is 3.27. The number of carboxylic acid groups (broad SMARTS) is 1. The summed E-state index contributed by atoms with van der Waals surface area (Å²) in [5, 5.41) is 12.1. The summed E-state index contributed by atoms with van der Waals surface area (Å²) in [6, 6.07) is 4.47. The molecule has 5 heteroatoms. The molecule has 1 heterocycles. The average molecular weight is 206 g/mol. The van der Waals surface area contributed by atoms with E-state index in [0.29, 0.717) is 17.4 Å². The first-order chi connectivity index (χ1) is 7.13. The molecule has 15 heavy (non-hydrogen) atoms. The number of aromatic nitrogens is 2. The van der Waals surface area contributed by atoms with E-state index in [1.165, 1.54) is 16.8 Å². The number of benzene rings is 1. The molecule has 0 amide bonds. The number of nitrogens with one attached hydrogen (secondary N) is 1. The third-order valence-electron chi connectivity index (χ3n) is 2.31. The van der Waals surface area contributed by atoms with Crippen molar-refractivity contribution in [3.8, 4) is 0 Å². The number of hydrogen-bond acceptors (Lipinski definition) is 2. The van der Waals surface area contributed by atoms with Gasteiger partial charge in [0.15, 0.2) is 0 Å². The van der Waals surface area contributed by atoms with Crippen LogP contribution in [-0.2, 0) is 6.54 Å². The average Bonchev–Trinajstić information content (AvgIpc) is 2.55. The Morgan fingerprint density at radius 3 is 2.87 bits per heavy atom. The van der Waals surface area contributed by atoms with E-state index in [1.54, 1.807) is 6.07 Å². The lowest BCUT2D eigenvalue weighted by atomic mass is 10.1. The number of rotatable bonds is 2. The Hall–Kier alpha value is -2.04. The zero-order valence-electron chi connectivity index (χ0n) is 8.15. The predicted octanol–water partition coefficient (Wildman–Crippen LogP) is 1.05. The zero-order valence-corrected chi connectivity index (χ0v) is 8.15. The first kappa shape index (κ1) is 9.51. The molecule has 78 valence electrons. The first-order valence-corrected chi connectivity index (χ1v) is 4.59. The Morgan fingerprint density at radius 2 is 2.27 bits per heavy atom. The van der Waals surface area contributed by atoms with Gasteiger partial charge in [0.05, 0.1) is 16.5 Å². The summed E-state index contributed by atoms with van der Waals surface area (Å²) in [7, 11) is 0. The second-order valence-electron chi connectivity index (χ2n) is 3.23. The van der Waals surface area contributed by atoms with Crippen molar-refractivity contribution in [1.82, 2.24) is 9.78 Å². The third kappa shape index (κ3) is 1.41. The minimum Gasteiger partial charge on any atom is -0.478 e. The number of aromatic amines is 1. The maximum atomic E-state index is 11.7. The second-order valence-corrected chi connectivity index (χ2v) is 3.23. The minimum atomic E-state index is -1.03. The number of carbonyl (C=O) groups is 1. The van der Waals surface area contributed by atoms with E-state index >= 15 is 0 Å². The van der Waals surface area contributed by atoms with Crippen LogP contribution in [0, 0.1) is 0 Å². The molecule has 2 rings (SSSR count). The fraction of sp³-hybridized carbons (Fsp3) is 0.200. The van der Waals surface area contributed by atoms with Crippen LogP contribution in [0.5, 0.6) is 0 Å². The van der Waals surface area contributed by atoms with Crippen molar-refractivity contribution in [1.29, 1.82) is 0 Å². The molecule has 0 fully saturated rings. The van der Waals surface area contributed by atoms with Gasteiger partial charge >= 0.3 is 5.97 Å². The van der Waals surface area contributed by atoms with Crippen LogP contribution in [-0.4, -0.2) is 20.9 Å². The van der Waals surface area contributed by atoms with E-state index in [4.69, 9.17) is 5.11 Å². The molecular weight excluding hydrogens is 196 g/mol. The smallest absolute Gasteiger partial charge is 0.335 e. The summed E-state index contributed by atoms with van der Waals surface area (Å²) < 4.78 is 1.44. The number of fused-ring (bicyclic) bond motifs is 1. The molecule has 0 unspecified atom stereocenters. The standard InChI is InChI=1S/C10H10N2O3/c1-2-12-9(13)7-5-6(10(14)15)3-4-8(7)11-12/h3-5,11H,2H2,1H3,(H,14,15). The molecule has 2 aromatic rings. The van der Waals surface area contributed by atoms with E-state index in [2.05, 4.69) is 5.10 Å². The highest BCUT2D eigenvalue weighted by Gasteiger charge is 2.09. The summed E-state index contributed by atoms with van der Waals surface area (Å²) in [6.45, 7) is 2.38. The number of carboxylic acids is 1. The van der Waals surface area contributed by atoms with Crippen LogP contribution in [0.4, 0.5) is 0 Å². The Bertz CT molecular complexity index is 580. The maximum Gasteiger partial charge on any atom is 0.335 e. The molecule has 0 bridgehead atoms. The van der Waals surface area contributed by atoms with Crippen molar-refractivity contribution in [2.75, 3.05) is 0 Å². The van der Waals surface area contributed by atoms with Crippen LogP contribution in [0.1, 0.15) is 17.3 Å². The number of aromatic carboxylic acids is 1. The van der Waals surface area contributed by atoms with Gasteiger partial charge in [0.2, 0.25) is 0 Å². The van der Waals surface area contributed by atoms with Gasteiger partial charge in [0.25, 0.3) is 5.56 Å². The predicted molar refractivity (Wildman–Crippen MR) is 55.2 cm³/mol. The minimum absolute atomic E-state index is 0.127. The Morgan fingerprint density at radius 1 is 1.53 bits per heavy atom. The van der Waals surface area contributed by atoms with Crippen LogP contribution in [0.25, 0.3) is 10.9 Å². The molecule has 0 radical (unpaired) electrons. The van der Waals surface area contributed by atoms with Crippen molar-refractivity contribution in [2.24, 2.45) is 0 Å². The van der Waals surface area contributed by atoms with E-state index < -0.39 is 5.97 Å². The number of nitrogens with zero attached hydrogens (tertiary/aromatic N) is 1. The largest absolute Gasteiger partial charge is 0.478 e. The van der Waals surface area contributed by atoms with Gasteiger partial charge in [-0.2, -0.15) is 0 Å². The summed E-state index contributed by atoms with van der Waals surface area (Å²) in [5.41, 5.74) is 0.601. The molecule has 0 aliphatic heterocycles. The van der Waals surface area contributed by atoms with Crippen LogP contribution in [0.3, 0.4) is 0 Å².